The molecule has 1 fully saturated rings. The van der Waals surface area contributed by atoms with Gasteiger partial charge in [0.15, 0.2) is 5.82 Å². The Hall–Kier alpha value is -2.26. The van der Waals surface area contributed by atoms with E-state index in [1.54, 1.807) is 13.4 Å². The molecule has 1 aliphatic carbocycles. The van der Waals surface area contributed by atoms with Gasteiger partial charge in [0.05, 0.1) is 13.2 Å². The number of amides is 1. The zero-order valence-corrected chi connectivity index (χ0v) is 15.9. The molecule has 4 rings (SSSR count). The number of methoxy groups -OCH3 is 1. The molecule has 3 heterocycles. The molecule has 0 N–H and O–H groups in total. The third kappa shape index (κ3) is 3.89. The number of fused-ring (bicyclic) bond motifs is 1. The summed E-state index contributed by atoms with van der Waals surface area (Å²) in [7, 11) is 3.57. The molecule has 0 aromatic carbocycles. The first kappa shape index (κ1) is 18.1. The lowest BCUT2D eigenvalue weighted by Crippen LogP contribution is -2.38. The van der Waals surface area contributed by atoms with E-state index in [2.05, 4.69) is 14.8 Å². The van der Waals surface area contributed by atoms with Crippen molar-refractivity contribution in [3.8, 4) is 11.5 Å². The second-order valence-electron chi connectivity index (χ2n) is 7.26. The first-order valence-corrected chi connectivity index (χ1v) is 9.44. The van der Waals surface area contributed by atoms with E-state index in [1.165, 1.54) is 12.8 Å². The molecule has 1 amide bonds. The second kappa shape index (κ2) is 7.77. The maximum absolute atomic E-state index is 12.5. The van der Waals surface area contributed by atoms with Crippen LogP contribution >= 0.6 is 0 Å². The summed E-state index contributed by atoms with van der Waals surface area (Å²) in [5, 5.41) is 13.1. The minimum atomic E-state index is -0.00833. The molecule has 9 heteroatoms. The Morgan fingerprint density at radius 1 is 1.33 bits per heavy atom. The highest BCUT2D eigenvalue weighted by Gasteiger charge is 2.30. The van der Waals surface area contributed by atoms with E-state index < -0.39 is 0 Å². The van der Waals surface area contributed by atoms with Crippen LogP contribution < -0.4 is 0 Å². The largest absolute Gasteiger partial charge is 0.382 e. The predicted molar refractivity (Wildman–Crippen MR) is 96.8 cm³/mol. The van der Waals surface area contributed by atoms with Crippen LogP contribution in [0.1, 0.15) is 24.1 Å². The highest BCUT2D eigenvalue weighted by Crippen LogP contribution is 2.33. The van der Waals surface area contributed by atoms with Crippen molar-refractivity contribution in [2.24, 2.45) is 13.0 Å². The number of hydrogen-bond donors (Lipinski definition) is 0. The minimum absolute atomic E-state index is 0.00833. The van der Waals surface area contributed by atoms with Crippen LogP contribution in [0.4, 0.5) is 0 Å². The SMILES string of the molecule is COCCOCC(=O)N1CCc2c(c(-c3nncn3CC3CC3)nn2C)C1. The molecule has 2 aromatic heterocycles. The van der Waals surface area contributed by atoms with Gasteiger partial charge < -0.3 is 18.9 Å². The van der Waals surface area contributed by atoms with E-state index in [0.29, 0.717) is 26.3 Å². The normalized spacial score (nSPS) is 16.6. The monoisotopic (exact) mass is 374 g/mol. The number of nitrogens with zero attached hydrogens (tertiary/aromatic N) is 6. The lowest BCUT2D eigenvalue weighted by molar-refractivity contribution is -0.137. The third-order valence-electron chi connectivity index (χ3n) is 5.23. The van der Waals surface area contributed by atoms with Crippen LogP contribution in [-0.4, -0.2) is 68.8 Å². The molecule has 0 bridgehead atoms. The number of hydrogen-bond acceptors (Lipinski definition) is 6. The van der Waals surface area contributed by atoms with Gasteiger partial charge in [-0.2, -0.15) is 5.10 Å². The van der Waals surface area contributed by atoms with Gasteiger partial charge in [0.25, 0.3) is 0 Å². The Bertz CT molecular complexity index is 810. The standard InChI is InChI=1S/C18H26N6O3/c1-22-15-5-6-23(16(25)11-27-8-7-26-2)10-14(15)17(21-22)18-20-19-12-24(18)9-13-3-4-13/h12-13H,3-11H2,1-2H3. The molecule has 146 valence electrons. The van der Waals surface area contributed by atoms with Crippen LogP contribution in [0.5, 0.6) is 0 Å². The van der Waals surface area contributed by atoms with Gasteiger partial charge in [-0.3, -0.25) is 9.48 Å². The number of aromatic nitrogens is 5. The lowest BCUT2D eigenvalue weighted by atomic mass is 10.0. The van der Waals surface area contributed by atoms with Crippen molar-refractivity contribution in [1.82, 2.24) is 29.4 Å². The first-order chi connectivity index (χ1) is 13.2. The number of carbonyl (C=O) groups excluding carboxylic acids is 1. The molecule has 0 unspecified atom stereocenters. The van der Waals surface area contributed by atoms with Crippen LogP contribution in [0, 0.1) is 5.92 Å². The fourth-order valence-corrected chi connectivity index (χ4v) is 3.53. The van der Waals surface area contributed by atoms with E-state index in [9.17, 15) is 4.79 Å². The highest BCUT2D eigenvalue weighted by atomic mass is 16.5. The fourth-order valence-electron chi connectivity index (χ4n) is 3.53. The van der Waals surface area contributed by atoms with Crippen molar-refractivity contribution >= 4 is 5.91 Å². The van der Waals surface area contributed by atoms with Crippen LogP contribution in [0.15, 0.2) is 6.33 Å². The molecule has 0 saturated heterocycles. The number of carbonyl (C=O) groups is 1. The Morgan fingerprint density at radius 3 is 2.96 bits per heavy atom. The summed E-state index contributed by atoms with van der Waals surface area (Å²) >= 11 is 0. The average Bonchev–Trinajstić information content (AvgIpc) is 3.27. The Labute approximate surface area is 158 Å². The molecule has 1 saturated carbocycles. The molecule has 2 aliphatic rings. The summed E-state index contributed by atoms with van der Waals surface area (Å²) in [6, 6.07) is 0. The third-order valence-corrected chi connectivity index (χ3v) is 5.23. The van der Waals surface area contributed by atoms with E-state index in [1.807, 2.05) is 16.6 Å². The van der Waals surface area contributed by atoms with Gasteiger partial charge in [0.2, 0.25) is 5.91 Å². The van der Waals surface area contributed by atoms with Gasteiger partial charge >= 0.3 is 0 Å². The van der Waals surface area contributed by atoms with Gasteiger partial charge in [-0.15, -0.1) is 10.2 Å². The topological polar surface area (TPSA) is 87.3 Å². The van der Waals surface area contributed by atoms with Crippen molar-refractivity contribution in [3.63, 3.8) is 0 Å². The molecule has 0 atom stereocenters. The number of rotatable bonds is 8. The maximum Gasteiger partial charge on any atom is 0.248 e. The average molecular weight is 374 g/mol. The van der Waals surface area contributed by atoms with Gasteiger partial charge in [-0.25, -0.2) is 0 Å². The lowest BCUT2D eigenvalue weighted by Gasteiger charge is -2.27. The Kier molecular flexibility index (Phi) is 5.22. The minimum Gasteiger partial charge on any atom is -0.382 e. The summed E-state index contributed by atoms with van der Waals surface area (Å²) in [5.41, 5.74) is 3.07. The second-order valence-corrected chi connectivity index (χ2v) is 7.26. The molecular formula is C18H26N6O3. The van der Waals surface area contributed by atoms with E-state index in [-0.39, 0.29) is 12.5 Å². The Balaban J connectivity index is 1.51. The van der Waals surface area contributed by atoms with Gasteiger partial charge in [-0.05, 0) is 18.8 Å². The molecule has 27 heavy (non-hydrogen) atoms. The molecule has 9 nitrogen and oxygen atoms in total. The van der Waals surface area contributed by atoms with Crippen LogP contribution in [0.2, 0.25) is 0 Å². The molecule has 0 spiro atoms. The summed E-state index contributed by atoms with van der Waals surface area (Å²) in [4.78, 5) is 14.3. The van der Waals surface area contributed by atoms with Crippen molar-refractivity contribution in [2.75, 3.05) is 33.5 Å². The van der Waals surface area contributed by atoms with E-state index in [4.69, 9.17) is 14.6 Å². The smallest absolute Gasteiger partial charge is 0.248 e. The molecule has 2 aromatic rings. The number of aryl methyl sites for hydroxylation is 1. The van der Waals surface area contributed by atoms with Crippen LogP contribution in [0.25, 0.3) is 11.5 Å². The van der Waals surface area contributed by atoms with Crippen molar-refractivity contribution in [1.29, 1.82) is 0 Å². The first-order valence-electron chi connectivity index (χ1n) is 9.44. The van der Waals surface area contributed by atoms with Crippen molar-refractivity contribution in [2.45, 2.75) is 32.4 Å². The molecular weight excluding hydrogens is 348 g/mol. The van der Waals surface area contributed by atoms with Crippen LogP contribution in [-0.2, 0) is 40.8 Å². The quantitative estimate of drug-likeness (QED) is 0.630. The fraction of sp³-hybridized carbons (Fsp3) is 0.667. The summed E-state index contributed by atoms with van der Waals surface area (Å²) < 4.78 is 14.3. The summed E-state index contributed by atoms with van der Waals surface area (Å²) in [6.45, 7) is 3.12. The van der Waals surface area contributed by atoms with Crippen molar-refractivity contribution < 1.29 is 14.3 Å². The highest BCUT2D eigenvalue weighted by molar-refractivity contribution is 5.78. The van der Waals surface area contributed by atoms with Gasteiger partial charge in [0.1, 0.15) is 18.6 Å². The molecule has 1 aliphatic heterocycles. The van der Waals surface area contributed by atoms with E-state index >= 15 is 0 Å². The van der Waals surface area contributed by atoms with Crippen LogP contribution in [0.3, 0.4) is 0 Å². The summed E-state index contributed by atoms with van der Waals surface area (Å²) in [5.74, 6) is 1.51. The van der Waals surface area contributed by atoms with Crippen molar-refractivity contribution in [3.05, 3.63) is 17.6 Å². The van der Waals surface area contributed by atoms with Gasteiger partial charge in [0, 0.05) is 51.5 Å². The number of ether oxygens (including phenoxy) is 2. The van der Waals surface area contributed by atoms with E-state index in [0.717, 1.165) is 41.7 Å². The summed E-state index contributed by atoms with van der Waals surface area (Å²) in [6.07, 6.45) is 5.09. The Morgan fingerprint density at radius 2 is 2.19 bits per heavy atom. The molecule has 0 radical (unpaired) electrons. The zero-order chi connectivity index (χ0) is 18.8. The zero-order valence-electron chi connectivity index (χ0n) is 15.9. The van der Waals surface area contributed by atoms with Gasteiger partial charge in [-0.1, -0.05) is 0 Å². The maximum atomic E-state index is 12.5. The predicted octanol–water partition coefficient (Wildman–Crippen LogP) is 0.636.